The molecule has 2 unspecified atom stereocenters. The van der Waals surface area contributed by atoms with Crippen LogP contribution in [0.15, 0.2) is 0 Å². The van der Waals surface area contributed by atoms with Crippen LogP contribution in [0, 0.1) is 11.8 Å². The van der Waals surface area contributed by atoms with Gasteiger partial charge in [0, 0.05) is 38.6 Å². The third-order valence-electron chi connectivity index (χ3n) is 4.83. The van der Waals surface area contributed by atoms with E-state index in [1.807, 2.05) is 4.90 Å². The van der Waals surface area contributed by atoms with Gasteiger partial charge in [0.25, 0.3) is 0 Å². The Labute approximate surface area is 131 Å². The number of hydrogen-bond donors (Lipinski definition) is 2. The molecule has 3 aliphatic rings. The second-order valence-corrected chi connectivity index (χ2v) is 6.80. The summed E-state index contributed by atoms with van der Waals surface area (Å²) >= 11 is 0. The Kier molecular flexibility index (Phi) is 5.31. The lowest BCUT2D eigenvalue weighted by Crippen LogP contribution is -2.49. The average molecular weight is 309 g/mol. The van der Waals surface area contributed by atoms with Gasteiger partial charge in [0.15, 0.2) is 0 Å². The van der Waals surface area contributed by atoms with Gasteiger partial charge in [-0.3, -0.25) is 9.59 Å². The van der Waals surface area contributed by atoms with E-state index in [0.717, 1.165) is 39.1 Å². The quantitative estimate of drug-likeness (QED) is 0.757. The molecule has 2 atom stereocenters. The van der Waals surface area contributed by atoms with Crippen LogP contribution in [0.5, 0.6) is 0 Å². The van der Waals surface area contributed by atoms with Crippen molar-refractivity contribution >= 4 is 11.8 Å². The molecule has 2 heterocycles. The first-order valence-corrected chi connectivity index (χ1v) is 8.59. The molecule has 6 nitrogen and oxygen atoms in total. The normalized spacial score (nSPS) is 29.2. The second-order valence-electron chi connectivity index (χ2n) is 6.80. The van der Waals surface area contributed by atoms with E-state index in [1.54, 1.807) is 0 Å². The Hall–Kier alpha value is -1.14. The molecule has 1 saturated carbocycles. The molecule has 2 aliphatic heterocycles. The lowest BCUT2D eigenvalue weighted by Gasteiger charge is -2.33. The highest BCUT2D eigenvalue weighted by atomic mass is 16.5. The smallest absolute Gasteiger partial charge is 0.224 e. The fraction of sp³-hybridized carbons (Fsp3) is 0.875. The minimum atomic E-state index is -0.0352. The highest BCUT2D eigenvalue weighted by Crippen LogP contribution is 2.28. The third kappa shape index (κ3) is 4.43. The monoisotopic (exact) mass is 309 g/mol. The number of piperidine rings is 1. The maximum atomic E-state index is 12.4. The van der Waals surface area contributed by atoms with Crippen molar-refractivity contribution in [3.8, 4) is 0 Å². The number of nitrogens with zero attached hydrogens (tertiary/aromatic N) is 1. The van der Waals surface area contributed by atoms with Gasteiger partial charge < -0.3 is 20.3 Å². The Balaban J connectivity index is 1.44. The van der Waals surface area contributed by atoms with Crippen LogP contribution in [0.25, 0.3) is 0 Å². The van der Waals surface area contributed by atoms with Crippen LogP contribution in [0.4, 0.5) is 0 Å². The zero-order valence-electron chi connectivity index (χ0n) is 13.2. The molecule has 0 radical (unpaired) electrons. The van der Waals surface area contributed by atoms with Crippen molar-refractivity contribution in [1.82, 2.24) is 15.5 Å². The molecule has 1 aliphatic carbocycles. The number of carbonyl (C=O) groups is 2. The largest absolute Gasteiger partial charge is 0.378 e. The topological polar surface area (TPSA) is 70.7 Å². The fourth-order valence-electron chi connectivity index (χ4n) is 3.22. The Morgan fingerprint density at radius 1 is 1.27 bits per heavy atom. The first-order valence-electron chi connectivity index (χ1n) is 8.59. The fourth-order valence-corrected chi connectivity index (χ4v) is 3.22. The first-order chi connectivity index (χ1) is 10.7. The van der Waals surface area contributed by atoms with Crippen LogP contribution in [-0.4, -0.2) is 62.1 Å². The van der Waals surface area contributed by atoms with Crippen LogP contribution >= 0.6 is 0 Å². The van der Waals surface area contributed by atoms with Crippen molar-refractivity contribution in [2.45, 2.75) is 38.1 Å². The number of likely N-dealkylation sites (tertiary alicyclic amines) is 1. The van der Waals surface area contributed by atoms with Gasteiger partial charge in [0.05, 0.1) is 19.1 Å². The van der Waals surface area contributed by atoms with Gasteiger partial charge in [0.1, 0.15) is 0 Å². The molecule has 6 heteroatoms. The van der Waals surface area contributed by atoms with Gasteiger partial charge in [-0.2, -0.15) is 0 Å². The highest BCUT2D eigenvalue weighted by molar-refractivity contribution is 5.81. The van der Waals surface area contributed by atoms with Gasteiger partial charge in [-0.15, -0.1) is 0 Å². The van der Waals surface area contributed by atoms with Crippen molar-refractivity contribution in [2.75, 3.05) is 39.4 Å². The van der Waals surface area contributed by atoms with Crippen LogP contribution in [0.2, 0.25) is 0 Å². The van der Waals surface area contributed by atoms with E-state index in [1.165, 1.54) is 12.8 Å². The van der Waals surface area contributed by atoms with Crippen molar-refractivity contribution in [2.24, 2.45) is 11.8 Å². The van der Waals surface area contributed by atoms with Crippen molar-refractivity contribution < 1.29 is 14.3 Å². The van der Waals surface area contributed by atoms with Crippen LogP contribution in [0.1, 0.15) is 32.1 Å². The van der Waals surface area contributed by atoms with Gasteiger partial charge in [-0.05, 0) is 31.6 Å². The molecule has 2 saturated heterocycles. The summed E-state index contributed by atoms with van der Waals surface area (Å²) in [6, 6.07) is 0.116. The number of nitrogens with one attached hydrogen (secondary N) is 2. The van der Waals surface area contributed by atoms with Crippen molar-refractivity contribution in [1.29, 1.82) is 0 Å². The Morgan fingerprint density at radius 3 is 2.86 bits per heavy atom. The number of hydrogen-bond acceptors (Lipinski definition) is 4. The lowest BCUT2D eigenvalue weighted by molar-refractivity contribution is -0.136. The summed E-state index contributed by atoms with van der Waals surface area (Å²) in [5, 5.41) is 6.36. The van der Waals surface area contributed by atoms with E-state index >= 15 is 0 Å². The molecule has 22 heavy (non-hydrogen) atoms. The molecule has 2 N–H and O–H groups in total. The summed E-state index contributed by atoms with van der Waals surface area (Å²) < 4.78 is 5.39. The summed E-state index contributed by atoms with van der Waals surface area (Å²) in [6.07, 6.45) is 4.77. The van der Waals surface area contributed by atoms with Gasteiger partial charge >= 0.3 is 0 Å². The van der Waals surface area contributed by atoms with E-state index < -0.39 is 0 Å². The molecule has 124 valence electrons. The van der Waals surface area contributed by atoms with E-state index in [0.29, 0.717) is 25.5 Å². The molecule has 3 rings (SSSR count). The first kappa shape index (κ1) is 15.7. The van der Waals surface area contributed by atoms with E-state index in [9.17, 15) is 9.59 Å². The summed E-state index contributed by atoms with van der Waals surface area (Å²) in [4.78, 5) is 26.5. The summed E-state index contributed by atoms with van der Waals surface area (Å²) in [5.41, 5.74) is 0. The predicted octanol–water partition coefficient (Wildman–Crippen LogP) is 0.130. The van der Waals surface area contributed by atoms with Gasteiger partial charge in [-0.25, -0.2) is 0 Å². The van der Waals surface area contributed by atoms with Crippen LogP contribution < -0.4 is 10.6 Å². The number of amides is 2. The average Bonchev–Trinajstić information content (AvgIpc) is 3.38. The van der Waals surface area contributed by atoms with Gasteiger partial charge in [0.2, 0.25) is 11.8 Å². The van der Waals surface area contributed by atoms with E-state index in [4.69, 9.17) is 4.74 Å². The maximum absolute atomic E-state index is 12.4. The van der Waals surface area contributed by atoms with E-state index in [2.05, 4.69) is 10.6 Å². The number of carbonyl (C=O) groups excluding carboxylic acids is 2. The maximum Gasteiger partial charge on any atom is 0.224 e. The molecule has 2 amide bonds. The number of ether oxygens (including phenoxy) is 1. The summed E-state index contributed by atoms with van der Waals surface area (Å²) in [5.74, 6) is 0.931. The summed E-state index contributed by atoms with van der Waals surface area (Å²) in [7, 11) is 0. The zero-order valence-corrected chi connectivity index (χ0v) is 13.2. The molecule has 3 fully saturated rings. The molecule has 0 aromatic rings. The minimum absolute atomic E-state index is 0.0352. The molecule has 0 bridgehead atoms. The standard InChI is InChI=1S/C16H27N3O3/c20-15(8-14-11-22-7-5-17-14)19-6-1-2-13(10-19)16(21)18-9-12-3-4-12/h12-14,17H,1-11H2,(H,18,21). The molecular weight excluding hydrogens is 282 g/mol. The lowest BCUT2D eigenvalue weighted by atomic mass is 9.96. The summed E-state index contributed by atoms with van der Waals surface area (Å²) in [6.45, 7) is 4.29. The SMILES string of the molecule is O=C(NCC1CC1)C1CCCN(C(=O)CC2COCCN2)C1. The molecule has 0 spiro atoms. The van der Waals surface area contributed by atoms with Crippen LogP contribution in [0.3, 0.4) is 0 Å². The number of rotatable bonds is 5. The second kappa shape index (κ2) is 7.42. The Morgan fingerprint density at radius 2 is 2.14 bits per heavy atom. The highest BCUT2D eigenvalue weighted by Gasteiger charge is 2.30. The molecule has 0 aromatic carbocycles. The molecule has 0 aromatic heterocycles. The Bertz CT molecular complexity index is 405. The van der Waals surface area contributed by atoms with E-state index in [-0.39, 0.29) is 23.8 Å². The zero-order chi connectivity index (χ0) is 15.4. The van der Waals surface area contributed by atoms with Crippen molar-refractivity contribution in [3.05, 3.63) is 0 Å². The molecular formula is C16H27N3O3. The predicted molar refractivity (Wildman–Crippen MR) is 82.3 cm³/mol. The minimum Gasteiger partial charge on any atom is -0.378 e. The van der Waals surface area contributed by atoms with Crippen LogP contribution in [-0.2, 0) is 14.3 Å². The third-order valence-corrected chi connectivity index (χ3v) is 4.83. The number of morpholine rings is 1. The van der Waals surface area contributed by atoms with Gasteiger partial charge in [-0.1, -0.05) is 0 Å². The van der Waals surface area contributed by atoms with Crippen molar-refractivity contribution in [3.63, 3.8) is 0 Å².